The summed E-state index contributed by atoms with van der Waals surface area (Å²) >= 11 is 1.91. The number of rotatable bonds is 37. The van der Waals surface area contributed by atoms with Crippen molar-refractivity contribution in [3.63, 3.8) is 0 Å². The van der Waals surface area contributed by atoms with Crippen LogP contribution in [0.3, 0.4) is 0 Å². The molecule has 0 spiro atoms. The second kappa shape index (κ2) is 31.8. The van der Waals surface area contributed by atoms with E-state index in [1.807, 2.05) is 24.8 Å². The Bertz CT molecular complexity index is 1490. The first kappa shape index (κ1) is 55.5. The molecule has 4 fully saturated rings. The lowest BCUT2D eigenvalue weighted by atomic mass is 9.99. The third-order valence-corrected chi connectivity index (χ3v) is 16.3. The van der Waals surface area contributed by atoms with Gasteiger partial charge in [-0.2, -0.15) is 11.8 Å². The highest BCUT2D eigenvalue weighted by molar-refractivity contribution is 8.00. The standard InChI is InChI=1S/C53H91N3O10S/c1-3-4-5-6-7-11-14-18-25-42(58)43-30-31-46(64-43)47-33-32-45(65-47)44(26-19-15-12-9-8-10-13-17-24-40(57)36-39-35-38(2)63-52(39)61)66-50(60)29-20-16-23-34-54-49(59)28-22-21-27-48-51-41(37-67-48)55-53(62)56-51/h35,38,40-48,51,57-58H,3-34,36-37H2,1-2H3,(H,54,59)(H2,55,56,62)/t38-,40+,41-,42-,43+,44+,45+,46+,47+,48-,51-/m0/s1. The van der Waals surface area contributed by atoms with Gasteiger partial charge in [0.05, 0.1) is 48.7 Å². The van der Waals surface area contributed by atoms with Crippen molar-refractivity contribution in [3.8, 4) is 0 Å². The number of aliphatic hydroxyl groups excluding tert-OH is 2. The first-order valence-electron chi connectivity index (χ1n) is 27.3. The first-order chi connectivity index (χ1) is 32.6. The average Bonchev–Trinajstić information content (AvgIpc) is 4.16. The number of carbonyl (C=O) groups is 4. The van der Waals surface area contributed by atoms with Crippen LogP contribution in [0.1, 0.15) is 219 Å². The van der Waals surface area contributed by atoms with E-state index in [4.69, 9.17) is 18.9 Å². The molecule has 0 unspecified atom stereocenters. The molecule has 0 radical (unpaired) electrons. The molecular weight excluding hydrogens is 871 g/mol. The van der Waals surface area contributed by atoms with Crippen molar-refractivity contribution in [3.05, 3.63) is 11.6 Å². The Morgan fingerprint density at radius 1 is 0.746 bits per heavy atom. The Morgan fingerprint density at radius 3 is 2.04 bits per heavy atom. The van der Waals surface area contributed by atoms with Gasteiger partial charge in [-0.25, -0.2) is 9.59 Å². The zero-order chi connectivity index (χ0) is 47.6. The van der Waals surface area contributed by atoms with Gasteiger partial charge in [0.1, 0.15) is 12.2 Å². The Labute approximate surface area is 407 Å². The molecule has 5 aliphatic heterocycles. The lowest BCUT2D eigenvalue weighted by molar-refractivity contribution is -0.161. The molecule has 5 heterocycles. The fourth-order valence-corrected chi connectivity index (χ4v) is 12.3. The summed E-state index contributed by atoms with van der Waals surface area (Å²) in [6.07, 6.45) is 30.7. The van der Waals surface area contributed by atoms with Gasteiger partial charge in [-0.3, -0.25) is 9.59 Å². The normalized spacial score (nSPS) is 27.0. The van der Waals surface area contributed by atoms with Crippen LogP contribution in [0, 0.1) is 0 Å². The zero-order valence-corrected chi connectivity index (χ0v) is 42.4. The molecule has 14 heteroatoms. The molecule has 5 rings (SSSR count). The summed E-state index contributed by atoms with van der Waals surface area (Å²) < 4.78 is 24.5. The van der Waals surface area contributed by atoms with E-state index < -0.39 is 12.2 Å². The molecule has 0 bridgehead atoms. The number of aliphatic hydroxyl groups is 2. The number of fused-ring (bicyclic) bond motifs is 1. The van der Waals surface area contributed by atoms with E-state index in [0.717, 1.165) is 134 Å². The zero-order valence-electron chi connectivity index (χ0n) is 41.5. The van der Waals surface area contributed by atoms with Crippen LogP contribution in [0.25, 0.3) is 0 Å². The lowest BCUT2D eigenvalue weighted by Gasteiger charge is -2.26. The van der Waals surface area contributed by atoms with Gasteiger partial charge in [-0.1, -0.05) is 116 Å². The van der Waals surface area contributed by atoms with Crippen LogP contribution in [0.15, 0.2) is 11.6 Å². The highest BCUT2D eigenvalue weighted by Gasteiger charge is 2.43. The maximum atomic E-state index is 13.3. The molecule has 0 aliphatic carbocycles. The molecule has 0 aromatic carbocycles. The highest BCUT2D eigenvalue weighted by atomic mass is 32.2. The second-order valence-corrected chi connectivity index (χ2v) is 21.8. The molecule has 0 aromatic heterocycles. The van der Waals surface area contributed by atoms with Gasteiger partial charge < -0.3 is 45.1 Å². The topological polar surface area (TPSA) is 182 Å². The van der Waals surface area contributed by atoms with E-state index in [0.29, 0.717) is 49.5 Å². The summed E-state index contributed by atoms with van der Waals surface area (Å²) in [4.78, 5) is 49.2. The molecule has 0 saturated carbocycles. The largest absolute Gasteiger partial charge is 0.460 e. The van der Waals surface area contributed by atoms with Gasteiger partial charge in [-0.05, 0) is 90.0 Å². The van der Waals surface area contributed by atoms with Gasteiger partial charge in [0, 0.05) is 42.4 Å². The van der Waals surface area contributed by atoms with Crippen LogP contribution in [0.4, 0.5) is 4.79 Å². The number of esters is 2. The summed E-state index contributed by atoms with van der Waals surface area (Å²) in [7, 11) is 0. The minimum absolute atomic E-state index is 0.0326. The van der Waals surface area contributed by atoms with Gasteiger partial charge in [-0.15, -0.1) is 0 Å². The lowest BCUT2D eigenvalue weighted by Crippen LogP contribution is -2.36. The molecule has 13 nitrogen and oxygen atoms in total. The van der Waals surface area contributed by atoms with Crippen LogP contribution < -0.4 is 16.0 Å². The number of cyclic esters (lactones) is 1. The van der Waals surface area contributed by atoms with Crippen molar-refractivity contribution in [2.45, 2.75) is 285 Å². The summed E-state index contributed by atoms with van der Waals surface area (Å²) in [5.41, 5.74) is 0.596. The SMILES string of the molecule is CCCCCCCCCC[C@H](O)[C@H]1CC[C@H]([C@H]2CC[C@H]([C@@H](CCCCCCCCCC[C@@H](O)CC3=C[C@H](C)OC3=O)OC(=O)CCCCCNC(=O)CCCC[C@@H]3SC[C@@H]4NC(=O)N[C@@H]43)O2)O1. The molecule has 11 atom stereocenters. The predicted octanol–water partition coefficient (Wildman–Crippen LogP) is 9.81. The van der Waals surface area contributed by atoms with Crippen LogP contribution >= 0.6 is 11.8 Å². The van der Waals surface area contributed by atoms with Crippen LogP contribution in [0.5, 0.6) is 0 Å². The fourth-order valence-electron chi connectivity index (χ4n) is 10.8. The van der Waals surface area contributed by atoms with E-state index >= 15 is 0 Å². The van der Waals surface area contributed by atoms with Crippen molar-refractivity contribution in [2.24, 2.45) is 0 Å². The maximum Gasteiger partial charge on any atom is 0.334 e. The van der Waals surface area contributed by atoms with E-state index in [1.54, 1.807) is 0 Å². The quantitative estimate of drug-likeness (QED) is 0.0227. The van der Waals surface area contributed by atoms with Crippen molar-refractivity contribution in [2.75, 3.05) is 12.3 Å². The number of urea groups is 1. The third-order valence-electron chi connectivity index (χ3n) is 14.7. The van der Waals surface area contributed by atoms with Gasteiger partial charge >= 0.3 is 18.0 Å². The van der Waals surface area contributed by atoms with Crippen LogP contribution in [0.2, 0.25) is 0 Å². The Kier molecular flexibility index (Phi) is 26.3. The number of carbonyl (C=O) groups excluding carboxylic acids is 4. The number of unbranched alkanes of at least 4 members (excludes halogenated alkanes) is 17. The van der Waals surface area contributed by atoms with Crippen molar-refractivity contribution in [1.29, 1.82) is 0 Å². The molecule has 0 aromatic rings. The highest BCUT2D eigenvalue weighted by Crippen LogP contribution is 2.36. The molecule has 4 saturated heterocycles. The number of hydrogen-bond donors (Lipinski definition) is 5. The summed E-state index contributed by atoms with van der Waals surface area (Å²) in [6, 6.07) is 0.371. The molecule has 3 amide bonds. The van der Waals surface area contributed by atoms with Crippen molar-refractivity contribution in [1.82, 2.24) is 16.0 Å². The number of nitrogens with one attached hydrogen (secondary N) is 3. The minimum Gasteiger partial charge on any atom is -0.460 e. The second-order valence-electron chi connectivity index (χ2n) is 20.5. The van der Waals surface area contributed by atoms with Gasteiger partial charge in [0.25, 0.3) is 0 Å². The smallest absolute Gasteiger partial charge is 0.334 e. The summed E-state index contributed by atoms with van der Waals surface area (Å²) in [5, 5.41) is 30.8. The number of hydrogen-bond acceptors (Lipinski definition) is 11. The number of ether oxygens (including phenoxy) is 4. The molecule has 67 heavy (non-hydrogen) atoms. The molecular formula is C53H91N3O10S. The molecule has 5 N–H and O–H groups in total. The number of amides is 3. The van der Waals surface area contributed by atoms with Crippen molar-refractivity contribution < 1.29 is 48.3 Å². The average molecular weight is 962 g/mol. The Balaban J connectivity index is 0.944. The van der Waals surface area contributed by atoms with Gasteiger partial charge in [0.15, 0.2) is 0 Å². The van der Waals surface area contributed by atoms with E-state index in [-0.39, 0.29) is 72.6 Å². The van der Waals surface area contributed by atoms with Crippen LogP contribution in [-0.2, 0) is 33.3 Å². The fraction of sp³-hybridized carbons (Fsp3) is 0.887. The van der Waals surface area contributed by atoms with Crippen LogP contribution in [-0.4, -0.2) is 113 Å². The minimum atomic E-state index is -0.505. The number of thioether (sulfide) groups is 1. The Morgan fingerprint density at radius 2 is 1.36 bits per heavy atom. The monoisotopic (exact) mass is 962 g/mol. The van der Waals surface area contributed by atoms with E-state index in [1.165, 1.54) is 44.9 Å². The maximum absolute atomic E-state index is 13.3. The van der Waals surface area contributed by atoms with Crippen molar-refractivity contribution >= 4 is 35.6 Å². The molecule has 384 valence electrons. The predicted molar refractivity (Wildman–Crippen MR) is 265 cm³/mol. The Hall–Kier alpha value is -2.39. The summed E-state index contributed by atoms with van der Waals surface area (Å²) in [5.74, 6) is 0.545. The van der Waals surface area contributed by atoms with E-state index in [2.05, 4.69) is 22.9 Å². The molecule has 5 aliphatic rings. The first-order valence-corrected chi connectivity index (χ1v) is 28.4. The summed E-state index contributed by atoms with van der Waals surface area (Å²) in [6.45, 7) is 4.69. The van der Waals surface area contributed by atoms with Gasteiger partial charge in [0.2, 0.25) is 5.91 Å². The van der Waals surface area contributed by atoms with E-state index in [9.17, 15) is 29.4 Å². The third kappa shape index (κ3) is 20.9.